The van der Waals surface area contributed by atoms with Gasteiger partial charge in [0, 0.05) is 50.0 Å². The number of benzene rings is 1. The van der Waals surface area contributed by atoms with Crippen LogP contribution in [-0.4, -0.2) is 79.6 Å². The van der Waals surface area contributed by atoms with Crippen molar-refractivity contribution in [1.82, 2.24) is 20.0 Å². The van der Waals surface area contributed by atoms with Gasteiger partial charge in [0.25, 0.3) is 0 Å². The highest BCUT2D eigenvalue weighted by Crippen LogP contribution is 2.32. The van der Waals surface area contributed by atoms with Crippen molar-refractivity contribution in [3.8, 4) is 0 Å². The fourth-order valence-corrected chi connectivity index (χ4v) is 3.89. The molecule has 1 N–H and O–H groups in total. The molecule has 0 aromatic heterocycles. The number of carbonyl (C=O) groups is 2. The van der Waals surface area contributed by atoms with Crippen molar-refractivity contribution < 1.29 is 14.3 Å². The zero-order valence-corrected chi connectivity index (χ0v) is 18.3. The number of hydrogen-bond acceptors (Lipinski definition) is 5. The van der Waals surface area contributed by atoms with Crippen molar-refractivity contribution in [2.75, 3.05) is 52.9 Å². The van der Waals surface area contributed by atoms with Crippen LogP contribution < -0.4 is 5.32 Å². The van der Waals surface area contributed by atoms with Gasteiger partial charge in [-0.1, -0.05) is 29.8 Å². The zero-order chi connectivity index (χ0) is 21.7. The van der Waals surface area contributed by atoms with Gasteiger partial charge in [-0.15, -0.1) is 6.58 Å². The van der Waals surface area contributed by atoms with Gasteiger partial charge in [-0.2, -0.15) is 0 Å². The molecule has 1 aromatic rings. The summed E-state index contributed by atoms with van der Waals surface area (Å²) in [6.07, 6.45) is 1.66. The summed E-state index contributed by atoms with van der Waals surface area (Å²) < 4.78 is 5.40. The average molecular weight is 433 g/mol. The Kier molecular flexibility index (Phi) is 7.53. The van der Waals surface area contributed by atoms with E-state index in [9.17, 15) is 9.59 Å². The lowest BCUT2D eigenvalue weighted by Gasteiger charge is -2.40. The molecule has 1 fully saturated rings. The second kappa shape index (κ2) is 10.1. The SMILES string of the molecule is C=CCN1C(=O)N[C@@H](c2ccc(Cl)cc2)C(C(=O)OCC)=C1CN1CCN(C)CC1. The van der Waals surface area contributed by atoms with E-state index in [0.717, 1.165) is 31.7 Å². The minimum absolute atomic E-state index is 0.257. The van der Waals surface area contributed by atoms with Crippen molar-refractivity contribution in [1.29, 1.82) is 0 Å². The van der Waals surface area contributed by atoms with Crippen LogP contribution in [0.2, 0.25) is 5.02 Å². The first-order valence-electron chi connectivity index (χ1n) is 10.2. The minimum Gasteiger partial charge on any atom is -0.463 e. The Labute approximate surface area is 182 Å². The number of rotatable bonds is 7. The Morgan fingerprint density at radius 1 is 1.27 bits per heavy atom. The Morgan fingerprint density at radius 3 is 2.53 bits per heavy atom. The van der Waals surface area contributed by atoms with Crippen LogP contribution in [0.5, 0.6) is 0 Å². The Morgan fingerprint density at radius 2 is 1.93 bits per heavy atom. The molecule has 2 aliphatic rings. The van der Waals surface area contributed by atoms with Crippen LogP contribution >= 0.6 is 11.6 Å². The highest BCUT2D eigenvalue weighted by molar-refractivity contribution is 6.30. The number of nitrogens with one attached hydrogen (secondary N) is 1. The lowest BCUT2D eigenvalue weighted by Crippen LogP contribution is -2.52. The Balaban J connectivity index is 2.06. The maximum absolute atomic E-state index is 13.1. The van der Waals surface area contributed by atoms with Crippen LogP contribution in [0, 0.1) is 0 Å². The van der Waals surface area contributed by atoms with E-state index in [2.05, 4.69) is 28.7 Å². The number of halogens is 1. The Bertz CT molecular complexity index is 816. The van der Waals surface area contributed by atoms with Crippen molar-refractivity contribution in [2.24, 2.45) is 0 Å². The molecule has 0 bridgehead atoms. The predicted octanol–water partition coefficient (Wildman–Crippen LogP) is 2.66. The summed E-state index contributed by atoms with van der Waals surface area (Å²) in [6.45, 7) is 10.2. The quantitative estimate of drug-likeness (QED) is 0.530. The first kappa shape index (κ1) is 22.3. The summed E-state index contributed by atoms with van der Waals surface area (Å²) in [7, 11) is 2.09. The fraction of sp³-hybridized carbons (Fsp3) is 0.455. The number of hydrogen-bond donors (Lipinski definition) is 1. The van der Waals surface area contributed by atoms with Gasteiger partial charge in [-0.3, -0.25) is 9.80 Å². The lowest BCUT2D eigenvalue weighted by molar-refractivity contribution is -0.139. The van der Waals surface area contributed by atoms with E-state index in [0.29, 0.717) is 29.4 Å². The lowest BCUT2D eigenvalue weighted by atomic mass is 9.94. The third-order valence-corrected chi connectivity index (χ3v) is 5.67. The maximum atomic E-state index is 13.1. The van der Waals surface area contributed by atoms with E-state index in [-0.39, 0.29) is 12.6 Å². The van der Waals surface area contributed by atoms with Crippen LogP contribution in [0.3, 0.4) is 0 Å². The third-order valence-electron chi connectivity index (χ3n) is 5.42. The summed E-state index contributed by atoms with van der Waals surface area (Å²) in [5.41, 5.74) is 1.91. The van der Waals surface area contributed by atoms with Gasteiger partial charge in [0.1, 0.15) is 0 Å². The zero-order valence-electron chi connectivity index (χ0n) is 17.6. The van der Waals surface area contributed by atoms with Gasteiger partial charge in [0.05, 0.1) is 18.2 Å². The summed E-state index contributed by atoms with van der Waals surface area (Å²) >= 11 is 6.04. The normalized spacial score (nSPS) is 20.8. The van der Waals surface area contributed by atoms with Crippen molar-refractivity contribution in [2.45, 2.75) is 13.0 Å². The predicted molar refractivity (Wildman–Crippen MR) is 117 cm³/mol. The molecule has 0 saturated carbocycles. The van der Waals surface area contributed by atoms with Gasteiger partial charge >= 0.3 is 12.0 Å². The first-order chi connectivity index (χ1) is 14.4. The second-order valence-electron chi connectivity index (χ2n) is 7.49. The highest BCUT2D eigenvalue weighted by atomic mass is 35.5. The van der Waals surface area contributed by atoms with E-state index in [1.165, 1.54) is 0 Å². The summed E-state index contributed by atoms with van der Waals surface area (Å²) in [4.78, 5) is 32.2. The summed E-state index contributed by atoms with van der Waals surface area (Å²) in [5, 5.41) is 3.55. The number of piperazine rings is 1. The van der Waals surface area contributed by atoms with Crippen LogP contribution in [0.4, 0.5) is 4.79 Å². The molecular weight excluding hydrogens is 404 g/mol. The topological polar surface area (TPSA) is 65.1 Å². The van der Waals surface area contributed by atoms with Crippen LogP contribution in [0.25, 0.3) is 0 Å². The standard InChI is InChI=1S/C22H29ClN4O3/c1-4-10-27-18(15-26-13-11-25(3)12-14-26)19(21(28)30-5-2)20(24-22(27)29)16-6-8-17(23)9-7-16/h4,6-9,20H,1,5,10-15H2,2-3H3,(H,24,29)/t20-/m0/s1. The molecule has 162 valence electrons. The van der Waals surface area contributed by atoms with Gasteiger partial charge < -0.3 is 15.0 Å². The molecule has 1 atom stereocenters. The van der Waals surface area contributed by atoms with Gasteiger partial charge in [-0.05, 0) is 31.7 Å². The van der Waals surface area contributed by atoms with Crippen molar-refractivity contribution in [3.63, 3.8) is 0 Å². The van der Waals surface area contributed by atoms with Gasteiger partial charge in [-0.25, -0.2) is 9.59 Å². The molecule has 7 nitrogen and oxygen atoms in total. The molecule has 30 heavy (non-hydrogen) atoms. The van der Waals surface area contributed by atoms with E-state index in [1.807, 2.05) is 12.1 Å². The number of ether oxygens (including phenoxy) is 1. The second-order valence-corrected chi connectivity index (χ2v) is 7.93. The molecule has 1 saturated heterocycles. The summed E-state index contributed by atoms with van der Waals surface area (Å²) in [5.74, 6) is -0.421. The largest absolute Gasteiger partial charge is 0.463 e. The van der Waals surface area contributed by atoms with Crippen molar-refractivity contribution in [3.05, 3.63) is 58.8 Å². The number of carbonyl (C=O) groups excluding carboxylic acids is 2. The van der Waals surface area contributed by atoms with Gasteiger partial charge in [0.15, 0.2) is 0 Å². The number of esters is 1. The molecule has 2 aliphatic heterocycles. The number of nitrogens with zero attached hydrogens (tertiary/aromatic N) is 3. The molecule has 2 heterocycles. The number of urea groups is 1. The van der Waals surface area contributed by atoms with Gasteiger partial charge in [0.2, 0.25) is 0 Å². The molecule has 8 heteroatoms. The van der Waals surface area contributed by atoms with E-state index >= 15 is 0 Å². The van der Waals surface area contributed by atoms with E-state index in [1.54, 1.807) is 30.0 Å². The molecule has 0 aliphatic carbocycles. The molecule has 2 amide bonds. The van der Waals surface area contributed by atoms with Crippen LogP contribution in [0.1, 0.15) is 18.5 Å². The number of amides is 2. The monoisotopic (exact) mass is 432 g/mol. The average Bonchev–Trinajstić information content (AvgIpc) is 2.72. The molecule has 1 aromatic carbocycles. The van der Waals surface area contributed by atoms with E-state index < -0.39 is 12.0 Å². The van der Waals surface area contributed by atoms with Crippen molar-refractivity contribution >= 4 is 23.6 Å². The van der Waals surface area contributed by atoms with E-state index in [4.69, 9.17) is 16.3 Å². The molecule has 0 radical (unpaired) electrons. The molecular formula is C22H29ClN4O3. The minimum atomic E-state index is -0.600. The number of likely N-dealkylation sites (N-methyl/N-ethyl adjacent to an activating group) is 1. The maximum Gasteiger partial charge on any atom is 0.338 e. The van der Waals surface area contributed by atoms with Crippen LogP contribution in [0.15, 0.2) is 48.2 Å². The molecule has 0 spiro atoms. The molecule has 3 rings (SSSR count). The highest BCUT2D eigenvalue weighted by Gasteiger charge is 2.38. The first-order valence-corrected chi connectivity index (χ1v) is 10.6. The van der Waals surface area contributed by atoms with Crippen LogP contribution in [-0.2, 0) is 9.53 Å². The molecule has 0 unspecified atom stereocenters. The smallest absolute Gasteiger partial charge is 0.338 e. The third kappa shape index (κ3) is 5.03. The fourth-order valence-electron chi connectivity index (χ4n) is 3.77. The summed E-state index contributed by atoms with van der Waals surface area (Å²) in [6, 6.07) is 6.29. The Hall–Kier alpha value is -2.35.